The molecule has 1 heteroatoms. The van der Waals surface area contributed by atoms with Crippen LogP contribution in [0.4, 0.5) is 0 Å². The molecule has 1 aromatic carbocycles. The standard InChI is InChI=1S/C13H18O/c1-5-11-7-6-8-12(9-11)13(3,4)10(2)14/h6-9H,5H2,1-4H3. The van der Waals surface area contributed by atoms with Crippen LogP contribution in [0.1, 0.15) is 38.8 Å². The molecule has 0 spiro atoms. The summed E-state index contributed by atoms with van der Waals surface area (Å²) in [7, 11) is 0. The van der Waals surface area contributed by atoms with Crippen LogP contribution >= 0.6 is 0 Å². The van der Waals surface area contributed by atoms with Gasteiger partial charge in [-0.15, -0.1) is 0 Å². The van der Waals surface area contributed by atoms with Gasteiger partial charge < -0.3 is 0 Å². The molecule has 0 aliphatic heterocycles. The number of carbonyl (C=O) groups is 1. The van der Waals surface area contributed by atoms with Gasteiger partial charge in [-0.25, -0.2) is 0 Å². The van der Waals surface area contributed by atoms with Crippen LogP contribution < -0.4 is 0 Å². The van der Waals surface area contributed by atoms with Crippen molar-refractivity contribution in [1.82, 2.24) is 0 Å². The van der Waals surface area contributed by atoms with Gasteiger partial charge in [0.2, 0.25) is 0 Å². The second kappa shape index (κ2) is 3.95. The first-order valence-electron chi connectivity index (χ1n) is 5.09. The molecule has 0 unspecified atom stereocenters. The molecule has 1 aromatic rings. The fourth-order valence-electron chi connectivity index (χ4n) is 1.38. The van der Waals surface area contributed by atoms with E-state index < -0.39 is 0 Å². The molecule has 0 heterocycles. The van der Waals surface area contributed by atoms with E-state index >= 15 is 0 Å². The number of Topliss-reactive ketones (excluding diaryl/α,β-unsaturated/α-hetero) is 1. The maximum Gasteiger partial charge on any atom is 0.139 e. The van der Waals surface area contributed by atoms with E-state index in [2.05, 4.69) is 19.1 Å². The summed E-state index contributed by atoms with van der Waals surface area (Å²) in [6.07, 6.45) is 1.02. The molecule has 1 rings (SSSR count). The van der Waals surface area contributed by atoms with Crippen molar-refractivity contribution in [2.24, 2.45) is 0 Å². The lowest BCUT2D eigenvalue weighted by Crippen LogP contribution is -2.26. The fraction of sp³-hybridized carbons (Fsp3) is 0.462. The number of hydrogen-bond acceptors (Lipinski definition) is 1. The normalized spacial score (nSPS) is 11.4. The van der Waals surface area contributed by atoms with Crippen LogP contribution in [0, 0.1) is 0 Å². The number of aryl methyl sites for hydroxylation is 1. The van der Waals surface area contributed by atoms with Crippen molar-refractivity contribution in [3.8, 4) is 0 Å². The largest absolute Gasteiger partial charge is 0.299 e. The maximum atomic E-state index is 11.5. The molecule has 0 fully saturated rings. The van der Waals surface area contributed by atoms with Crippen molar-refractivity contribution in [2.45, 2.75) is 39.5 Å². The summed E-state index contributed by atoms with van der Waals surface area (Å²) < 4.78 is 0. The summed E-state index contributed by atoms with van der Waals surface area (Å²) >= 11 is 0. The number of ketones is 1. The highest BCUT2D eigenvalue weighted by Crippen LogP contribution is 2.24. The molecular weight excluding hydrogens is 172 g/mol. The van der Waals surface area contributed by atoms with Gasteiger partial charge in [0, 0.05) is 5.41 Å². The first-order valence-corrected chi connectivity index (χ1v) is 5.09. The molecule has 0 saturated heterocycles. The third-order valence-corrected chi connectivity index (χ3v) is 2.94. The molecule has 0 amide bonds. The Labute approximate surface area is 86.1 Å². The van der Waals surface area contributed by atoms with Gasteiger partial charge in [0.1, 0.15) is 5.78 Å². The molecule has 0 aliphatic carbocycles. The van der Waals surface area contributed by atoms with Crippen molar-refractivity contribution in [3.05, 3.63) is 35.4 Å². The van der Waals surface area contributed by atoms with Gasteiger partial charge in [0.05, 0.1) is 0 Å². The predicted molar refractivity (Wildman–Crippen MR) is 59.5 cm³/mol. The molecule has 14 heavy (non-hydrogen) atoms. The molecule has 76 valence electrons. The van der Waals surface area contributed by atoms with Crippen LogP contribution in [-0.4, -0.2) is 5.78 Å². The van der Waals surface area contributed by atoms with Gasteiger partial charge in [-0.1, -0.05) is 31.2 Å². The highest BCUT2D eigenvalue weighted by atomic mass is 16.1. The zero-order valence-electron chi connectivity index (χ0n) is 9.42. The topological polar surface area (TPSA) is 17.1 Å². The van der Waals surface area contributed by atoms with Crippen LogP contribution in [0.15, 0.2) is 24.3 Å². The zero-order chi connectivity index (χ0) is 10.8. The molecule has 0 N–H and O–H groups in total. The highest BCUT2D eigenvalue weighted by molar-refractivity contribution is 5.87. The molecule has 0 aliphatic rings. The Kier molecular flexibility index (Phi) is 3.10. The van der Waals surface area contributed by atoms with E-state index in [1.54, 1.807) is 6.92 Å². The van der Waals surface area contributed by atoms with Gasteiger partial charge in [0.25, 0.3) is 0 Å². The Balaban J connectivity index is 3.12. The minimum absolute atomic E-state index is 0.214. The number of benzene rings is 1. The first kappa shape index (κ1) is 11.0. The molecule has 0 atom stereocenters. The molecule has 0 aromatic heterocycles. The summed E-state index contributed by atoms with van der Waals surface area (Å²) in [5.41, 5.74) is 2.05. The first-order chi connectivity index (χ1) is 6.48. The molecule has 0 saturated carbocycles. The van der Waals surface area contributed by atoms with Gasteiger partial charge >= 0.3 is 0 Å². The van der Waals surface area contributed by atoms with Crippen LogP contribution in [0.2, 0.25) is 0 Å². The zero-order valence-corrected chi connectivity index (χ0v) is 9.42. The predicted octanol–water partition coefficient (Wildman–Crippen LogP) is 3.12. The van der Waals surface area contributed by atoms with E-state index in [4.69, 9.17) is 0 Å². The number of carbonyl (C=O) groups excluding carboxylic acids is 1. The van der Waals surface area contributed by atoms with E-state index in [9.17, 15) is 4.79 Å². The van der Waals surface area contributed by atoms with Gasteiger partial charge in [0.15, 0.2) is 0 Å². The van der Waals surface area contributed by atoms with Crippen molar-refractivity contribution >= 4 is 5.78 Å². The van der Waals surface area contributed by atoms with Crippen LogP contribution in [0.3, 0.4) is 0 Å². The quantitative estimate of drug-likeness (QED) is 0.715. The molecular formula is C13H18O. The van der Waals surface area contributed by atoms with Gasteiger partial charge in [-0.05, 0) is 38.3 Å². The summed E-state index contributed by atoms with van der Waals surface area (Å²) in [6, 6.07) is 8.28. The number of hydrogen-bond donors (Lipinski definition) is 0. The van der Waals surface area contributed by atoms with Crippen LogP contribution in [-0.2, 0) is 16.6 Å². The van der Waals surface area contributed by atoms with Gasteiger partial charge in [-0.2, -0.15) is 0 Å². The Hall–Kier alpha value is -1.11. The fourth-order valence-corrected chi connectivity index (χ4v) is 1.38. The molecule has 1 nitrogen and oxygen atoms in total. The highest BCUT2D eigenvalue weighted by Gasteiger charge is 2.25. The Bertz CT molecular complexity index is 337. The van der Waals surface area contributed by atoms with E-state index in [1.165, 1.54) is 5.56 Å². The van der Waals surface area contributed by atoms with E-state index in [1.807, 2.05) is 26.0 Å². The second-order valence-electron chi connectivity index (χ2n) is 4.24. The van der Waals surface area contributed by atoms with Crippen molar-refractivity contribution in [2.75, 3.05) is 0 Å². The van der Waals surface area contributed by atoms with E-state index in [-0.39, 0.29) is 11.2 Å². The molecule has 0 bridgehead atoms. The van der Waals surface area contributed by atoms with E-state index in [0.717, 1.165) is 12.0 Å². The Morgan fingerprint density at radius 3 is 2.50 bits per heavy atom. The Morgan fingerprint density at radius 2 is 2.00 bits per heavy atom. The average Bonchev–Trinajstić information content (AvgIpc) is 2.17. The lowest BCUT2D eigenvalue weighted by Gasteiger charge is -2.22. The summed E-state index contributed by atoms with van der Waals surface area (Å²) in [6.45, 7) is 7.73. The summed E-state index contributed by atoms with van der Waals surface area (Å²) in [5, 5.41) is 0. The SMILES string of the molecule is CCc1cccc(C(C)(C)C(C)=O)c1. The van der Waals surface area contributed by atoms with Crippen LogP contribution in [0.5, 0.6) is 0 Å². The lowest BCUT2D eigenvalue weighted by atomic mass is 9.80. The van der Waals surface area contributed by atoms with Crippen LogP contribution in [0.25, 0.3) is 0 Å². The molecule has 0 radical (unpaired) electrons. The third kappa shape index (κ3) is 2.03. The minimum Gasteiger partial charge on any atom is -0.299 e. The smallest absolute Gasteiger partial charge is 0.139 e. The third-order valence-electron chi connectivity index (χ3n) is 2.94. The van der Waals surface area contributed by atoms with E-state index in [0.29, 0.717) is 0 Å². The Morgan fingerprint density at radius 1 is 1.36 bits per heavy atom. The second-order valence-corrected chi connectivity index (χ2v) is 4.24. The summed E-state index contributed by atoms with van der Waals surface area (Å²) in [5.74, 6) is 0.214. The summed E-state index contributed by atoms with van der Waals surface area (Å²) in [4.78, 5) is 11.5. The van der Waals surface area contributed by atoms with Crippen molar-refractivity contribution < 1.29 is 4.79 Å². The lowest BCUT2D eigenvalue weighted by molar-refractivity contribution is -0.121. The monoisotopic (exact) mass is 190 g/mol. The minimum atomic E-state index is -0.356. The van der Waals surface area contributed by atoms with Crippen molar-refractivity contribution in [1.29, 1.82) is 0 Å². The average molecular weight is 190 g/mol. The maximum absolute atomic E-state index is 11.5. The number of rotatable bonds is 3. The van der Waals surface area contributed by atoms with Gasteiger partial charge in [-0.3, -0.25) is 4.79 Å². The van der Waals surface area contributed by atoms with Crippen molar-refractivity contribution in [3.63, 3.8) is 0 Å².